The van der Waals surface area contributed by atoms with Crippen molar-refractivity contribution in [1.82, 2.24) is 35.9 Å². The number of H-pyrrole nitrogens is 2. The fourth-order valence-corrected chi connectivity index (χ4v) is 3.13. The predicted molar refractivity (Wildman–Crippen MR) is 120 cm³/mol. The predicted octanol–water partition coefficient (Wildman–Crippen LogP) is -3.27. The summed E-state index contributed by atoms with van der Waals surface area (Å²) < 4.78 is 0. The molecule has 0 aliphatic heterocycles. The van der Waals surface area contributed by atoms with Crippen molar-refractivity contribution >= 4 is 35.6 Å². The Balaban J connectivity index is 2.20. The molecule has 17 nitrogen and oxygen atoms in total. The van der Waals surface area contributed by atoms with Gasteiger partial charge in [0.15, 0.2) is 0 Å². The minimum Gasteiger partial charge on any atom is -0.481 e. The highest BCUT2D eigenvalue weighted by molar-refractivity contribution is 5.96. The molecule has 200 valence electrons. The molecule has 4 atom stereocenters. The summed E-state index contributed by atoms with van der Waals surface area (Å²) in [5, 5.41) is 34.1. The van der Waals surface area contributed by atoms with E-state index in [-0.39, 0.29) is 12.8 Å². The van der Waals surface area contributed by atoms with Gasteiger partial charge in [-0.2, -0.15) is 0 Å². The number of hydrogen-bond acceptors (Lipinski definition) is 9. The number of rotatable bonds is 15. The molecule has 10 N–H and O–H groups in total. The lowest BCUT2D eigenvalue weighted by Crippen LogP contribution is -2.58. The lowest BCUT2D eigenvalue weighted by molar-refractivity contribution is -0.143. The first-order chi connectivity index (χ1) is 17.5. The van der Waals surface area contributed by atoms with Crippen LogP contribution in [-0.4, -0.2) is 95.1 Å². The van der Waals surface area contributed by atoms with E-state index in [2.05, 4.69) is 35.9 Å². The molecule has 0 saturated heterocycles. The maximum absolute atomic E-state index is 13.0. The van der Waals surface area contributed by atoms with Crippen LogP contribution in [0, 0.1) is 0 Å². The van der Waals surface area contributed by atoms with Gasteiger partial charge in [-0.3, -0.25) is 24.0 Å². The second-order valence-corrected chi connectivity index (χ2v) is 7.89. The van der Waals surface area contributed by atoms with Crippen molar-refractivity contribution in [3.8, 4) is 0 Å². The van der Waals surface area contributed by atoms with Gasteiger partial charge in [0.25, 0.3) is 0 Å². The molecule has 17 heteroatoms. The summed E-state index contributed by atoms with van der Waals surface area (Å²) in [6.45, 7) is 0. The van der Waals surface area contributed by atoms with Crippen LogP contribution in [0.4, 0.5) is 0 Å². The fraction of sp³-hybridized carbons (Fsp3) is 0.400. The number of nitrogens with one attached hydrogen (secondary N) is 5. The molecule has 2 heterocycles. The summed E-state index contributed by atoms with van der Waals surface area (Å²) >= 11 is 0. The maximum atomic E-state index is 13.0. The van der Waals surface area contributed by atoms with Gasteiger partial charge in [0.1, 0.15) is 18.1 Å². The van der Waals surface area contributed by atoms with E-state index in [9.17, 15) is 33.9 Å². The van der Waals surface area contributed by atoms with E-state index in [1.807, 2.05) is 0 Å². The van der Waals surface area contributed by atoms with E-state index in [0.717, 1.165) is 0 Å². The molecule has 0 aromatic carbocycles. The van der Waals surface area contributed by atoms with Gasteiger partial charge >= 0.3 is 17.9 Å². The van der Waals surface area contributed by atoms with Crippen LogP contribution in [0.2, 0.25) is 0 Å². The van der Waals surface area contributed by atoms with Gasteiger partial charge in [0.05, 0.1) is 31.5 Å². The number of aromatic nitrogens is 4. The van der Waals surface area contributed by atoms with E-state index in [0.29, 0.717) is 11.4 Å². The summed E-state index contributed by atoms with van der Waals surface area (Å²) in [5.41, 5.74) is 6.26. The van der Waals surface area contributed by atoms with Crippen LogP contribution in [0.3, 0.4) is 0 Å². The van der Waals surface area contributed by atoms with Gasteiger partial charge < -0.3 is 47.0 Å². The standard InChI is InChI=1S/C20H26N8O9/c21-11(3-15(29)30)17(33)26-13(4-16(31)32)19(35)27-12(1-9-5-22-7-24-9)18(34)28-14(20(36)37)2-10-6-23-8-25-10/h5-8,11-14H,1-4,21H2,(H,22,24)(H,23,25)(H,26,33)(H,27,35)(H,28,34)(H,29,30)(H,31,32)(H,36,37). The number of nitrogens with zero attached hydrogens (tertiary/aromatic N) is 2. The van der Waals surface area contributed by atoms with Crippen molar-refractivity contribution in [3.05, 3.63) is 36.4 Å². The zero-order valence-corrected chi connectivity index (χ0v) is 19.2. The molecule has 0 fully saturated rings. The topological polar surface area (TPSA) is 283 Å². The first-order valence-electron chi connectivity index (χ1n) is 10.7. The molecule has 37 heavy (non-hydrogen) atoms. The average Bonchev–Trinajstić information content (AvgIpc) is 3.51. The first kappa shape index (κ1) is 28.4. The smallest absolute Gasteiger partial charge is 0.326 e. The van der Waals surface area contributed by atoms with Crippen molar-refractivity contribution in [3.63, 3.8) is 0 Å². The number of amides is 3. The van der Waals surface area contributed by atoms with Gasteiger partial charge in [-0.1, -0.05) is 0 Å². The Hall–Kier alpha value is -4.80. The Morgan fingerprint density at radius 1 is 0.730 bits per heavy atom. The molecule has 0 radical (unpaired) electrons. The molecule has 0 aliphatic carbocycles. The summed E-state index contributed by atoms with van der Waals surface area (Å²) in [5.74, 6) is -7.34. The number of aliphatic carboxylic acids is 3. The van der Waals surface area contributed by atoms with Crippen molar-refractivity contribution in [2.24, 2.45) is 5.73 Å². The third-order valence-electron chi connectivity index (χ3n) is 4.95. The quantitative estimate of drug-likeness (QED) is 0.111. The number of aromatic amines is 2. The summed E-state index contributed by atoms with van der Waals surface area (Å²) in [7, 11) is 0. The minimum atomic E-state index is -1.72. The third-order valence-corrected chi connectivity index (χ3v) is 4.95. The number of carbonyl (C=O) groups excluding carboxylic acids is 3. The Bertz CT molecular complexity index is 1100. The van der Waals surface area contributed by atoms with Crippen LogP contribution in [0.1, 0.15) is 24.2 Å². The van der Waals surface area contributed by atoms with Gasteiger partial charge in [-0.05, 0) is 0 Å². The highest BCUT2D eigenvalue weighted by Gasteiger charge is 2.32. The van der Waals surface area contributed by atoms with Gasteiger partial charge in [0.2, 0.25) is 17.7 Å². The molecule has 2 aromatic rings. The van der Waals surface area contributed by atoms with E-state index in [1.165, 1.54) is 25.0 Å². The number of carboxylic acid groups (broad SMARTS) is 3. The Labute approximate surface area is 208 Å². The van der Waals surface area contributed by atoms with Crippen LogP contribution < -0.4 is 21.7 Å². The monoisotopic (exact) mass is 522 g/mol. The number of carbonyl (C=O) groups is 6. The Morgan fingerprint density at radius 2 is 1.19 bits per heavy atom. The maximum Gasteiger partial charge on any atom is 0.326 e. The fourth-order valence-electron chi connectivity index (χ4n) is 3.13. The highest BCUT2D eigenvalue weighted by Crippen LogP contribution is 2.05. The van der Waals surface area contributed by atoms with Crippen LogP contribution in [0.15, 0.2) is 25.0 Å². The van der Waals surface area contributed by atoms with E-state index >= 15 is 0 Å². The second kappa shape index (κ2) is 13.3. The summed E-state index contributed by atoms with van der Waals surface area (Å²) in [6, 6.07) is -6.11. The lowest BCUT2D eigenvalue weighted by Gasteiger charge is -2.24. The normalized spacial score (nSPS) is 14.0. The number of hydrogen-bond donors (Lipinski definition) is 9. The van der Waals surface area contributed by atoms with Gasteiger partial charge in [-0.25, -0.2) is 14.8 Å². The third kappa shape index (κ3) is 9.40. The summed E-state index contributed by atoms with van der Waals surface area (Å²) in [6.07, 6.45) is 3.34. The molecule has 0 saturated carbocycles. The van der Waals surface area contributed by atoms with Crippen LogP contribution in [0.5, 0.6) is 0 Å². The number of carboxylic acids is 3. The Morgan fingerprint density at radius 3 is 1.65 bits per heavy atom. The average molecular weight is 522 g/mol. The molecular weight excluding hydrogens is 496 g/mol. The van der Waals surface area contributed by atoms with Crippen LogP contribution >= 0.6 is 0 Å². The van der Waals surface area contributed by atoms with Gasteiger partial charge in [-0.15, -0.1) is 0 Å². The highest BCUT2D eigenvalue weighted by atomic mass is 16.4. The minimum absolute atomic E-state index is 0.148. The van der Waals surface area contributed by atoms with Gasteiger partial charge in [0, 0.05) is 36.6 Å². The SMILES string of the molecule is NC(CC(=O)O)C(=O)NC(CC(=O)O)C(=O)NC(Cc1cnc[nH]1)C(=O)NC(Cc1cnc[nH]1)C(=O)O. The van der Waals surface area contributed by atoms with E-state index in [1.54, 1.807) is 0 Å². The first-order valence-corrected chi connectivity index (χ1v) is 10.7. The zero-order chi connectivity index (χ0) is 27.5. The zero-order valence-electron chi connectivity index (χ0n) is 19.2. The van der Waals surface area contributed by atoms with E-state index < -0.39 is 72.6 Å². The van der Waals surface area contributed by atoms with Crippen molar-refractivity contribution in [1.29, 1.82) is 0 Å². The molecule has 4 unspecified atom stereocenters. The van der Waals surface area contributed by atoms with Crippen molar-refractivity contribution in [2.75, 3.05) is 0 Å². The van der Waals surface area contributed by atoms with E-state index in [4.69, 9.17) is 15.9 Å². The Kier molecular flexibility index (Phi) is 10.2. The molecule has 2 aromatic heterocycles. The molecule has 3 amide bonds. The molecule has 0 spiro atoms. The molecule has 0 bridgehead atoms. The number of imidazole rings is 2. The second-order valence-electron chi connectivity index (χ2n) is 7.89. The summed E-state index contributed by atoms with van der Waals surface area (Å²) in [4.78, 5) is 84.9. The lowest BCUT2D eigenvalue weighted by atomic mass is 10.1. The van der Waals surface area contributed by atoms with Crippen molar-refractivity contribution < 1.29 is 44.1 Å². The van der Waals surface area contributed by atoms with Crippen LogP contribution in [0.25, 0.3) is 0 Å². The molecule has 0 aliphatic rings. The number of nitrogens with two attached hydrogens (primary N) is 1. The van der Waals surface area contributed by atoms with Crippen LogP contribution in [-0.2, 0) is 41.6 Å². The molecular formula is C20H26N8O9. The molecule has 2 rings (SSSR count). The largest absolute Gasteiger partial charge is 0.481 e. The van der Waals surface area contributed by atoms with Crippen molar-refractivity contribution in [2.45, 2.75) is 49.9 Å².